The van der Waals surface area contributed by atoms with Crippen molar-refractivity contribution in [2.45, 2.75) is 72.8 Å². The molecule has 1 nitrogen and oxygen atoms in total. The van der Waals surface area contributed by atoms with Crippen LogP contribution >= 0.6 is 0 Å². The van der Waals surface area contributed by atoms with E-state index in [2.05, 4.69) is 78.2 Å². The molecule has 1 heteroatoms. The Bertz CT molecular complexity index is 399. The molecule has 0 heterocycles. The maximum Gasteiger partial charge on any atom is 0.0320 e. The van der Waals surface area contributed by atoms with Crippen molar-refractivity contribution in [1.82, 2.24) is 5.32 Å². The Kier molecular flexibility index (Phi) is 6.93. The average molecular weight is 290 g/mol. The van der Waals surface area contributed by atoms with Crippen LogP contribution in [0.1, 0.15) is 83.9 Å². The van der Waals surface area contributed by atoms with E-state index in [1.54, 1.807) is 0 Å². The fourth-order valence-corrected chi connectivity index (χ4v) is 3.24. The summed E-state index contributed by atoms with van der Waals surface area (Å²) in [7, 11) is 2.08. The second kappa shape index (κ2) is 7.98. The molecule has 0 spiro atoms. The lowest BCUT2D eigenvalue weighted by molar-refractivity contribution is 0.279. The van der Waals surface area contributed by atoms with Gasteiger partial charge >= 0.3 is 0 Å². The van der Waals surface area contributed by atoms with Gasteiger partial charge in [-0.25, -0.2) is 0 Å². The Morgan fingerprint density at radius 1 is 1.00 bits per heavy atom. The van der Waals surface area contributed by atoms with E-state index in [1.165, 1.54) is 30.4 Å². The summed E-state index contributed by atoms with van der Waals surface area (Å²) < 4.78 is 0. The van der Waals surface area contributed by atoms with E-state index in [9.17, 15) is 0 Å². The zero-order valence-corrected chi connectivity index (χ0v) is 15.2. The first-order valence-corrected chi connectivity index (χ1v) is 8.54. The molecule has 0 bridgehead atoms. The van der Waals surface area contributed by atoms with Gasteiger partial charge < -0.3 is 5.32 Å². The molecule has 21 heavy (non-hydrogen) atoms. The third-order valence-corrected chi connectivity index (χ3v) is 4.47. The summed E-state index contributed by atoms with van der Waals surface area (Å²) in [4.78, 5) is 0. The van der Waals surface area contributed by atoms with Crippen LogP contribution in [0.15, 0.2) is 24.3 Å². The van der Waals surface area contributed by atoms with Crippen molar-refractivity contribution in [3.05, 3.63) is 35.4 Å². The second-order valence-corrected chi connectivity index (χ2v) is 7.92. The first kappa shape index (κ1) is 18.2. The lowest BCUT2D eigenvalue weighted by Crippen LogP contribution is -2.21. The highest BCUT2D eigenvalue weighted by Crippen LogP contribution is 2.31. The molecule has 0 saturated heterocycles. The first-order chi connectivity index (χ1) is 9.76. The summed E-state index contributed by atoms with van der Waals surface area (Å²) in [6.45, 7) is 13.9. The Morgan fingerprint density at radius 2 is 1.52 bits per heavy atom. The molecule has 0 aliphatic heterocycles. The van der Waals surface area contributed by atoms with Gasteiger partial charge in [0, 0.05) is 6.04 Å². The zero-order valence-electron chi connectivity index (χ0n) is 15.2. The van der Waals surface area contributed by atoms with Gasteiger partial charge in [-0.15, -0.1) is 0 Å². The molecule has 120 valence electrons. The molecule has 0 aromatic heterocycles. The van der Waals surface area contributed by atoms with Gasteiger partial charge in [0.1, 0.15) is 0 Å². The van der Waals surface area contributed by atoms with E-state index in [-0.39, 0.29) is 0 Å². The Hall–Kier alpha value is -0.820. The van der Waals surface area contributed by atoms with Gasteiger partial charge in [-0.1, -0.05) is 65.8 Å². The van der Waals surface area contributed by atoms with Gasteiger partial charge in [0.25, 0.3) is 0 Å². The summed E-state index contributed by atoms with van der Waals surface area (Å²) >= 11 is 0. The molecule has 1 aromatic carbocycles. The largest absolute Gasteiger partial charge is 0.313 e. The summed E-state index contributed by atoms with van der Waals surface area (Å²) in [6, 6.07) is 9.71. The predicted octanol–water partition coefficient (Wildman–Crippen LogP) is 5.92. The van der Waals surface area contributed by atoms with Crippen molar-refractivity contribution in [2.75, 3.05) is 7.05 Å². The number of nitrogens with one attached hydrogen (secondary N) is 1. The van der Waals surface area contributed by atoms with Crippen molar-refractivity contribution < 1.29 is 0 Å². The number of benzene rings is 1. The fraction of sp³-hybridized carbons (Fsp3) is 0.700. The minimum atomic E-state index is 0.415. The normalized spacial score (nSPS) is 16.5. The van der Waals surface area contributed by atoms with E-state index >= 15 is 0 Å². The zero-order chi connectivity index (χ0) is 16.0. The molecule has 0 saturated carbocycles. The van der Waals surface area contributed by atoms with E-state index in [4.69, 9.17) is 0 Å². The number of hydrogen-bond acceptors (Lipinski definition) is 1. The van der Waals surface area contributed by atoms with Crippen LogP contribution in [0.25, 0.3) is 0 Å². The van der Waals surface area contributed by atoms with Gasteiger partial charge in [-0.2, -0.15) is 0 Å². The van der Waals surface area contributed by atoms with Gasteiger partial charge in [-0.3, -0.25) is 0 Å². The van der Waals surface area contributed by atoms with Crippen LogP contribution < -0.4 is 5.32 Å². The molecule has 1 N–H and O–H groups in total. The highest BCUT2D eigenvalue weighted by Gasteiger charge is 2.19. The quantitative estimate of drug-likeness (QED) is 0.656. The van der Waals surface area contributed by atoms with Crippen molar-refractivity contribution in [3.8, 4) is 0 Å². The minimum absolute atomic E-state index is 0.415. The smallest absolute Gasteiger partial charge is 0.0320 e. The highest BCUT2D eigenvalue weighted by atomic mass is 14.9. The second-order valence-electron chi connectivity index (χ2n) is 7.92. The first-order valence-electron chi connectivity index (χ1n) is 8.54. The van der Waals surface area contributed by atoms with E-state index < -0.39 is 0 Å². The van der Waals surface area contributed by atoms with Gasteiger partial charge in [0.2, 0.25) is 0 Å². The molecule has 0 aliphatic rings. The Morgan fingerprint density at radius 3 is 1.95 bits per heavy atom. The van der Waals surface area contributed by atoms with E-state index in [0.717, 1.165) is 5.92 Å². The Balaban J connectivity index is 2.72. The summed E-state index contributed by atoms with van der Waals surface area (Å²) in [6.07, 6.45) is 3.68. The van der Waals surface area contributed by atoms with Crippen molar-refractivity contribution in [3.63, 3.8) is 0 Å². The van der Waals surface area contributed by atoms with Gasteiger partial charge in [-0.05, 0) is 54.7 Å². The van der Waals surface area contributed by atoms with Crippen LogP contribution in [0.2, 0.25) is 0 Å². The third kappa shape index (κ3) is 6.22. The fourth-order valence-electron chi connectivity index (χ4n) is 3.24. The molecule has 0 radical (unpaired) electrons. The molecular formula is C20H35N. The summed E-state index contributed by atoms with van der Waals surface area (Å²) in [5.74, 6) is 1.39. The highest BCUT2D eigenvalue weighted by molar-refractivity contribution is 5.27. The lowest BCUT2D eigenvalue weighted by Gasteiger charge is -2.27. The monoisotopic (exact) mass is 289 g/mol. The molecule has 0 aliphatic carbocycles. The van der Waals surface area contributed by atoms with Crippen LogP contribution in [0.3, 0.4) is 0 Å². The van der Waals surface area contributed by atoms with Crippen molar-refractivity contribution in [1.29, 1.82) is 0 Å². The Labute approximate surface area is 132 Å². The molecule has 3 unspecified atom stereocenters. The van der Waals surface area contributed by atoms with Crippen LogP contribution in [-0.4, -0.2) is 7.05 Å². The molecule has 1 aromatic rings. The van der Waals surface area contributed by atoms with Crippen LogP contribution in [0.4, 0.5) is 0 Å². The standard InChI is InChI=1S/C20H35N/c1-8-16(3)17-9-11-18(12-10-17)19(21-7)13-15(2)14-20(4,5)6/h9-12,15-16,19,21H,8,13-14H2,1-7H3. The number of rotatable bonds is 7. The van der Waals surface area contributed by atoms with Crippen LogP contribution in [-0.2, 0) is 0 Å². The van der Waals surface area contributed by atoms with Gasteiger partial charge in [0.05, 0.1) is 0 Å². The van der Waals surface area contributed by atoms with E-state index in [0.29, 0.717) is 17.4 Å². The summed E-state index contributed by atoms with van der Waals surface area (Å²) in [5, 5.41) is 3.50. The minimum Gasteiger partial charge on any atom is -0.313 e. The topological polar surface area (TPSA) is 12.0 Å². The lowest BCUT2D eigenvalue weighted by atomic mass is 9.82. The maximum atomic E-state index is 3.50. The van der Waals surface area contributed by atoms with Crippen molar-refractivity contribution in [2.24, 2.45) is 11.3 Å². The SMILES string of the molecule is CCC(C)c1ccc(C(CC(C)CC(C)(C)C)NC)cc1. The van der Waals surface area contributed by atoms with Gasteiger partial charge in [0.15, 0.2) is 0 Å². The molecule has 0 amide bonds. The number of hydrogen-bond donors (Lipinski definition) is 1. The molecule has 1 rings (SSSR count). The average Bonchev–Trinajstić information content (AvgIpc) is 2.42. The molecular weight excluding hydrogens is 254 g/mol. The summed E-state index contributed by atoms with van der Waals surface area (Å²) in [5.41, 5.74) is 3.29. The maximum absolute atomic E-state index is 3.50. The van der Waals surface area contributed by atoms with E-state index in [1.807, 2.05) is 0 Å². The molecule has 3 atom stereocenters. The molecule has 0 fully saturated rings. The third-order valence-electron chi connectivity index (χ3n) is 4.47. The predicted molar refractivity (Wildman–Crippen MR) is 94.8 cm³/mol. The van der Waals surface area contributed by atoms with Crippen molar-refractivity contribution >= 4 is 0 Å². The van der Waals surface area contributed by atoms with Crippen LogP contribution in [0, 0.1) is 11.3 Å². The van der Waals surface area contributed by atoms with Crippen LogP contribution in [0.5, 0.6) is 0 Å².